The third-order valence-electron chi connectivity index (χ3n) is 2.42. The summed E-state index contributed by atoms with van der Waals surface area (Å²) < 4.78 is 19.9. The number of aromatic nitrogens is 3. The van der Waals surface area contributed by atoms with E-state index in [0.29, 0.717) is 0 Å². The van der Waals surface area contributed by atoms with Crippen LogP contribution in [0, 0.1) is 17.1 Å². The topological polar surface area (TPSA) is 101 Å². The van der Waals surface area contributed by atoms with E-state index in [4.69, 9.17) is 15.1 Å². The first-order valence-corrected chi connectivity index (χ1v) is 5.56. The third kappa shape index (κ3) is 2.89. The Bertz CT molecular complexity index is 678. The van der Waals surface area contributed by atoms with E-state index in [0.717, 1.165) is 0 Å². The van der Waals surface area contributed by atoms with Crippen LogP contribution in [0.1, 0.15) is 16.1 Å². The zero-order chi connectivity index (χ0) is 14.5. The van der Waals surface area contributed by atoms with Gasteiger partial charge in [0.15, 0.2) is 5.69 Å². The number of rotatable bonds is 5. The maximum Gasteiger partial charge on any atom is 0.358 e. The summed E-state index contributed by atoms with van der Waals surface area (Å²) in [5.74, 6) is -1.70. The van der Waals surface area contributed by atoms with E-state index >= 15 is 0 Å². The van der Waals surface area contributed by atoms with Crippen LogP contribution in [-0.2, 0) is 6.54 Å². The van der Waals surface area contributed by atoms with Crippen molar-refractivity contribution in [2.45, 2.75) is 6.54 Å². The van der Waals surface area contributed by atoms with E-state index in [1.165, 1.54) is 29.1 Å². The summed E-state index contributed by atoms with van der Waals surface area (Å²) in [7, 11) is 0. The van der Waals surface area contributed by atoms with Crippen molar-refractivity contribution in [2.75, 3.05) is 6.61 Å². The van der Waals surface area contributed by atoms with E-state index < -0.39 is 11.8 Å². The first-order chi connectivity index (χ1) is 9.61. The van der Waals surface area contributed by atoms with Crippen molar-refractivity contribution in [3.63, 3.8) is 0 Å². The molecular formula is C12H9FN4O3. The molecule has 2 aromatic rings. The number of carbonyl (C=O) groups is 1. The van der Waals surface area contributed by atoms with Gasteiger partial charge >= 0.3 is 5.97 Å². The van der Waals surface area contributed by atoms with E-state index in [1.807, 2.05) is 0 Å². The van der Waals surface area contributed by atoms with Crippen LogP contribution in [0.3, 0.4) is 0 Å². The standard InChI is InChI=1S/C12H9FN4O3/c13-9-2-1-3-11(8(9)6-14)20-5-4-17-7-10(12(18)19)15-16-17/h1-3,7H,4-5H2,(H,18,19). The van der Waals surface area contributed by atoms with Crippen molar-refractivity contribution in [2.24, 2.45) is 0 Å². The monoisotopic (exact) mass is 276 g/mol. The maximum absolute atomic E-state index is 13.3. The number of benzene rings is 1. The SMILES string of the molecule is N#Cc1c(F)cccc1OCCn1cc(C(=O)O)nn1. The average Bonchev–Trinajstić information content (AvgIpc) is 2.88. The molecule has 0 unspecified atom stereocenters. The van der Waals surface area contributed by atoms with Crippen molar-refractivity contribution in [1.29, 1.82) is 5.26 Å². The van der Waals surface area contributed by atoms with Gasteiger partial charge in [-0.15, -0.1) is 5.10 Å². The van der Waals surface area contributed by atoms with Gasteiger partial charge in [-0.2, -0.15) is 5.26 Å². The number of ether oxygens (including phenoxy) is 1. The number of carboxylic acid groups (broad SMARTS) is 1. The fourth-order valence-corrected chi connectivity index (χ4v) is 1.49. The van der Waals surface area contributed by atoms with Crippen molar-refractivity contribution in [1.82, 2.24) is 15.0 Å². The van der Waals surface area contributed by atoms with Crippen LogP contribution in [0.5, 0.6) is 5.75 Å². The lowest BCUT2D eigenvalue weighted by Crippen LogP contribution is -2.09. The second kappa shape index (κ2) is 5.79. The summed E-state index contributed by atoms with van der Waals surface area (Å²) >= 11 is 0. The van der Waals surface area contributed by atoms with Gasteiger partial charge in [0.1, 0.15) is 29.8 Å². The van der Waals surface area contributed by atoms with E-state index in [1.54, 1.807) is 6.07 Å². The normalized spacial score (nSPS) is 10.0. The summed E-state index contributed by atoms with van der Waals surface area (Å²) in [4.78, 5) is 10.6. The van der Waals surface area contributed by atoms with Crippen molar-refractivity contribution < 1.29 is 19.0 Å². The smallest absolute Gasteiger partial charge is 0.358 e. The molecule has 0 aliphatic rings. The van der Waals surface area contributed by atoms with Crippen LogP contribution < -0.4 is 4.74 Å². The molecule has 8 heteroatoms. The van der Waals surface area contributed by atoms with Gasteiger partial charge < -0.3 is 9.84 Å². The third-order valence-corrected chi connectivity index (χ3v) is 2.42. The molecule has 7 nitrogen and oxygen atoms in total. The highest BCUT2D eigenvalue weighted by Gasteiger charge is 2.10. The largest absolute Gasteiger partial charge is 0.490 e. The van der Waals surface area contributed by atoms with Gasteiger partial charge in [-0.25, -0.2) is 13.9 Å². The highest BCUT2D eigenvalue weighted by molar-refractivity contribution is 5.84. The van der Waals surface area contributed by atoms with E-state index in [9.17, 15) is 9.18 Å². The quantitative estimate of drug-likeness (QED) is 0.876. The van der Waals surface area contributed by atoms with Crippen molar-refractivity contribution in [3.05, 3.63) is 41.5 Å². The number of halogens is 1. The fourth-order valence-electron chi connectivity index (χ4n) is 1.49. The minimum Gasteiger partial charge on any atom is -0.490 e. The summed E-state index contributed by atoms with van der Waals surface area (Å²) in [6, 6.07) is 5.80. The zero-order valence-corrected chi connectivity index (χ0v) is 10.2. The van der Waals surface area contributed by atoms with Gasteiger partial charge in [-0.1, -0.05) is 11.3 Å². The summed E-state index contributed by atoms with van der Waals surface area (Å²) in [6.07, 6.45) is 1.25. The highest BCUT2D eigenvalue weighted by Crippen LogP contribution is 2.20. The van der Waals surface area contributed by atoms with Crippen molar-refractivity contribution in [3.8, 4) is 11.8 Å². The molecule has 20 heavy (non-hydrogen) atoms. The molecule has 0 radical (unpaired) electrons. The molecular weight excluding hydrogens is 267 g/mol. The van der Waals surface area contributed by atoms with Gasteiger partial charge in [0.2, 0.25) is 0 Å². The second-order valence-electron chi connectivity index (χ2n) is 3.75. The molecule has 0 saturated carbocycles. The Morgan fingerprint density at radius 1 is 1.55 bits per heavy atom. The van der Waals surface area contributed by atoms with Gasteiger partial charge in [0.05, 0.1) is 12.7 Å². The minimum absolute atomic E-state index is 0.0978. The Morgan fingerprint density at radius 3 is 3.00 bits per heavy atom. The first kappa shape index (κ1) is 13.5. The first-order valence-electron chi connectivity index (χ1n) is 5.56. The molecule has 2 rings (SSSR count). The molecule has 1 aromatic heterocycles. The van der Waals surface area contributed by atoms with Crippen molar-refractivity contribution >= 4 is 5.97 Å². The summed E-state index contributed by atoms with van der Waals surface area (Å²) in [6.45, 7) is 0.322. The van der Waals surface area contributed by atoms with Crippen LogP contribution in [0.25, 0.3) is 0 Å². The summed E-state index contributed by atoms with van der Waals surface area (Å²) in [5, 5.41) is 24.5. The Labute approximate surface area is 112 Å². The highest BCUT2D eigenvalue weighted by atomic mass is 19.1. The van der Waals surface area contributed by atoms with Crippen LogP contribution >= 0.6 is 0 Å². The van der Waals surface area contributed by atoms with Crippen LogP contribution in [0.4, 0.5) is 4.39 Å². The molecule has 0 saturated heterocycles. The molecule has 0 fully saturated rings. The predicted molar refractivity (Wildman–Crippen MR) is 63.6 cm³/mol. The maximum atomic E-state index is 13.3. The van der Waals surface area contributed by atoms with E-state index in [-0.39, 0.29) is 30.2 Å². The zero-order valence-electron chi connectivity index (χ0n) is 10.2. The Balaban J connectivity index is 1.98. The lowest BCUT2D eigenvalue weighted by atomic mass is 10.2. The number of carboxylic acids is 1. The Hall–Kier alpha value is -2.95. The molecule has 0 aliphatic heterocycles. The number of hydrogen-bond acceptors (Lipinski definition) is 5. The lowest BCUT2D eigenvalue weighted by Gasteiger charge is -2.07. The number of hydrogen-bond donors (Lipinski definition) is 1. The molecule has 1 N–H and O–H groups in total. The summed E-state index contributed by atoms with van der Waals surface area (Å²) in [5.41, 5.74) is -0.342. The van der Waals surface area contributed by atoms with Gasteiger partial charge in [-0.05, 0) is 12.1 Å². The van der Waals surface area contributed by atoms with Gasteiger partial charge in [0.25, 0.3) is 0 Å². The average molecular weight is 276 g/mol. The molecule has 0 aliphatic carbocycles. The van der Waals surface area contributed by atoms with Crippen LogP contribution in [0.2, 0.25) is 0 Å². The van der Waals surface area contributed by atoms with Gasteiger partial charge in [-0.3, -0.25) is 0 Å². The molecule has 1 heterocycles. The predicted octanol–water partition coefficient (Wildman–Crippen LogP) is 1.07. The number of nitrogens with zero attached hydrogens (tertiary/aromatic N) is 4. The molecule has 102 valence electrons. The van der Waals surface area contributed by atoms with Gasteiger partial charge in [0, 0.05) is 0 Å². The fraction of sp³-hybridized carbons (Fsp3) is 0.167. The Kier molecular flexibility index (Phi) is 3.91. The molecule has 1 aromatic carbocycles. The second-order valence-corrected chi connectivity index (χ2v) is 3.75. The minimum atomic E-state index is -1.17. The lowest BCUT2D eigenvalue weighted by molar-refractivity contribution is 0.0690. The molecule has 0 atom stereocenters. The molecule has 0 amide bonds. The van der Waals surface area contributed by atoms with Crippen LogP contribution in [-0.4, -0.2) is 32.7 Å². The number of aromatic carboxylic acids is 1. The number of nitriles is 1. The Morgan fingerprint density at radius 2 is 2.35 bits per heavy atom. The van der Waals surface area contributed by atoms with Crippen LogP contribution in [0.15, 0.2) is 24.4 Å². The molecule has 0 spiro atoms. The molecule has 0 bridgehead atoms. The van der Waals surface area contributed by atoms with E-state index in [2.05, 4.69) is 10.3 Å².